The van der Waals surface area contributed by atoms with Crippen molar-refractivity contribution in [1.82, 2.24) is 15.1 Å². The standard InChI is InChI=1S/C20H22F3N3O3/c1-11(2)9-15(19(28)29)24-18(27)17-14-7-4-8-16(14)26(25-17)13-6-3-5-12(10-13)20(21,22)23/h3,5-6,10-11,15H,4,7-9H2,1-2H3,(H,24,27)(H,28,29)/t15-/m0/s1. The molecular formula is C20H22F3N3O3. The molecule has 0 radical (unpaired) electrons. The van der Waals surface area contributed by atoms with Crippen LogP contribution in [0.1, 0.15) is 54.0 Å². The Balaban J connectivity index is 1.95. The third kappa shape index (κ3) is 4.44. The number of carbonyl (C=O) groups is 2. The Morgan fingerprint density at radius 1 is 1.28 bits per heavy atom. The van der Waals surface area contributed by atoms with Gasteiger partial charge in [0.1, 0.15) is 6.04 Å². The van der Waals surface area contributed by atoms with E-state index in [1.54, 1.807) is 0 Å². The summed E-state index contributed by atoms with van der Waals surface area (Å²) in [6.45, 7) is 3.70. The van der Waals surface area contributed by atoms with E-state index in [1.165, 1.54) is 16.8 Å². The summed E-state index contributed by atoms with van der Waals surface area (Å²) in [4.78, 5) is 24.2. The Hall–Kier alpha value is -2.84. The lowest BCUT2D eigenvalue weighted by Crippen LogP contribution is -2.42. The number of nitrogens with zero attached hydrogens (tertiary/aromatic N) is 2. The molecule has 0 saturated heterocycles. The van der Waals surface area contributed by atoms with E-state index in [-0.39, 0.29) is 23.7 Å². The number of hydrogen-bond acceptors (Lipinski definition) is 3. The first kappa shape index (κ1) is 20.9. The molecule has 1 aliphatic rings. The Morgan fingerprint density at radius 3 is 2.62 bits per heavy atom. The number of carbonyl (C=O) groups excluding carboxylic acids is 1. The smallest absolute Gasteiger partial charge is 0.416 e. The van der Waals surface area contributed by atoms with Gasteiger partial charge in [0.05, 0.1) is 11.3 Å². The average molecular weight is 409 g/mol. The lowest BCUT2D eigenvalue weighted by atomic mass is 10.0. The molecule has 1 heterocycles. The van der Waals surface area contributed by atoms with E-state index in [0.717, 1.165) is 18.6 Å². The number of carboxylic acids is 1. The topological polar surface area (TPSA) is 84.2 Å². The van der Waals surface area contributed by atoms with Gasteiger partial charge in [0.2, 0.25) is 0 Å². The maximum atomic E-state index is 13.1. The van der Waals surface area contributed by atoms with Crippen molar-refractivity contribution in [3.8, 4) is 5.69 Å². The summed E-state index contributed by atoms with van der Waals surface area (Å²) in [6, 6.07) is 3.71. The number of rotatable bonds is 6. The largest absolute Gasteiger partial charge is 0.480 e. The number of hydrogen-bond donors (Lipinski definition) is 2. The molecule has 0 spiro atoms. The molecule has 29 heavy (non-hydrogen) atoms. The molecule has 156 valence electrons. The second-order valence-electron chi connectivity index (χ2n) is 7.58. The van der Waals surface area contributed by atoms with Gasteiger partial charge in [-0.05, 0) is 49.8 Å². The van der Waals surface area contributed by atoms with E-state index in [0.29, 0.717) is 24.1 Å². The number of aliphatic carboxylic acids is 1. The van der Waals surface area contributed by atoms with E-state index in [1.807, 2.05) is 13.8 Å². The summed E-state index contributed by atoms with van der Waals surface area (Å²) < 4.78 is 40.6. The van der Waals surface area contributed by atoms with Gasteiger partial charge in [0.25, 0.3) is 5.91 Å². The zero-order valence-corrected chi connectivity index (χ0v) is 16.1. The normalized spacial score (nSPS) is 14.7. The van der Waals surface area contributed by atoms with Crippen molar-refractivity contribution in [2.24, 2.45) is 5.92 Å². The van der Waals surface area contributed by atoms with Crippen LogP contribution in [0.3, 0.4) is 0 Å². The number of benzene rings is 1. The molecular weight excluding hydrogens is 387 g/mol. The fourth-order valence-corrected chi connectivity index (χ4v) is 3.57. The first-order valence-corrected chi connectivity index (χ1v) is 9.40. The van der Waals surface area contributed by atoms with Gasteiger partial charge >= 0.3 is 12.1 Å². The summed E-state index contributed by atoms with van der Waals surface area (Å²) in [5, 5.41) is 16.1. The summed E-state index contributed by atoms with van der Waals surface area (Å²) >= 11 is 0. The summed E-state index contributed by atoms with van der Waals surface area (Å²) in [5.41, 5.74) is 0.837. The lowest BCUT2D eigenvalue weighted by Gasteiger charge is -2.16. The van der Waals surface area contributed by atoms with Gasteiger partial charge in [-0.3, -0.25) is 4.79 Å². The lowest BCUT2D eigenvalue weighted by molar-refractivity contribution is -0.140. The molecule has 2 N–H and O–H groups in total. The van der Waals surface area contributed by atoms with Gasteiger partial charge in [0, 0.05) is 11.3 Å². The van der Waals surface area contributed by atoms with Crippen molar-refractivity contribution in [3.63, 3.8) is 0 Å². The molecule has 1 atom stereocenters. The number of carboxylic acid groups (broad SMARTS) is 1. The number of alkyl halides is 3. The minimum atomic E-state index is -4.49. The summed E-state index contributed by atoms with van der Waals surface area (Å²) in [5.74, 6) is -1.70. The van der Waals surface area contributed by atoms with Crippen LogP contribution in [0.5, 0.6) is 0 Å². The second-order valence-corrected chi connectivity index (χ2v) is 7.58. The highest BCUT2D eigenvalue weighted by Crippen LogP contribution is 2.32. The van der Waals surface area contributed by atoms with Crippen LogP contribution < -0.4 is 5.32 Å². The highest BCUT2D eigenvalue weighted by molar-refractivity contribution is 5.96. The maximum absolute atomic E-state index is 13.1. The molecule has 9 heteroatoms. The zero-order valence-electron chi connectivity index (χ0n) is 16.1. The van der Waals surface area contributed by atoms with Gasteiger partial charge in [0.15, 0.2) is 5.69 Å². The minimum Gasteiger partial charge on any atom is -0.480 e. The molecule has 0 saturated carbocycles. The van der Waals surface area contributed by atoms with E-state index < -0.39 is 29.7 Å². The van der Waals surface area contributed by atoms with Gasteiger partial charge in [-0.15, -0.1) is 0 Å². The SMILES string of the molecule is CC(C)C[C@H](NC(=O)c1nn(-c2cccc(C(F)(F)F)c2)c2c1CCC2)C(=O)O. The molecule has 0 unspecified atom stereocenters. The van der Waals surface area contributed by atoms with Crippen molar-refractivity contribution in [3.05, 3.63) is 46.8 Å². The van der Waals surface area contributed by atoms with Crippen molar-refractivity contribution in [2.45, 2.75) is 51.7 Å². The number of amides is 1. The van der Waals surface area contributed by atoms with Crippen molar-refractivity contribution < 1.29 is 27.9 Å². The molecule has 3 rings (SSSR count). The van der Waals surface area contributed by atoms with Gasteiger partial charge in [-0.1, -0.05) is 19.9 Å². The van der Waals surface area contributed by atoms with Crippen LogP contribution in [-0.2, 0) is 23.8 Å². The molecule has 1 aromatic heterocycles. The Bertz CT molecular complexity index is 935. The van der Waals surface area contributed by atoms with E-state index >= 15 is 0 Å². The first-order chi connectivity index (χ1) is 13.6. The van der Waals surface area contributed by atoms with Crippen LogP contribution in [0.25, 0.3) is 5.69 Å². The van der Waals surface area contributed by atoms with Crippen LogP contribution in [0.15, 0.2) is 24.3 Å². The van der Waals surface area contributed by atoms with Crippen LogP contribution in [0.4, 0.5) is 13.2 Å². The summed E-state index contributed by atoms with van der Waals surface area (Å²) in [6.07, 6.45) is -2.32. The Labute approximate surface area is 165 Å². The molecule has 1 aliphatic carbocycles. The van der Waals surface area contributed by atoms with Crippen LogP contribution in [-0.4, -0.2) is 32.8 Å². The molecule has 6 nitrogen and oxygen atoms in total. The van der Waals surface area contributed by atoms with Crippen LogP contribution in [0, 0.1) is 5.92 Å². The van der Waals surface area contributed by atoms with Crippen LogP contribution in [0.2, 0.25) is 0 Å². The second kappa shape index (κ2) is 7.88. The maximum Gasteiger partial charge on any atom is 0.416 e. The van der Waals surface area contributed by atoms with Crippen molar-refractivity contribution in [1.29, 1.82) is 0 Å². The predicted octanol–water partition coefficient (Wildman–Crippen LogP) is 3.61. The number of aromatic nitrogens is 2. The van der Waals surface area contributed by atoms with E-state index in [2.05, 4.69) is 10.4 Å². The van der Waals surface area contributed by atoms with Gasteiger partial charge in [-0.2, -0.15) is 18.3 Å². The Kier molecular flexibility index (Phi) is 5.68. The van der Waals surface area contributed by atoms with Crippen LogP contribution >= 0.6 is 0 Å². The predicted molar refractivity (Wildman–Crippen MR) is 98.9 cm³/mol. The monoisotopic (exact) mass is 409 g/mol. The van der Waals surface area contributed by atoms with E-state index in [9.17, 15) is 27.9 Å². The Morgan fingerprint density at radius 2 is 2.00 bits per heavy atom. The first-order valence-electron chi connectivity index (χ1n) is 9.40. The van der Waals surface area contributed by atoms with Gasteiger partial charge < -0.3 is 10.4 Å². The zero-order chi connectivity index (χ0) is 21.3. The molecule has 2 aromatic rings. The molecule has 1 aromatic carbocycles. The summed E-state index contributed by atoms with van der Waals surface area (Å²) in [7, 11) is 0. The fraction of sp³-hybridized carbons (Fsp3) is 0.450. The number of nitrogens with one attached hydrogen (secondary N) is 1. The van der Waals surface area contributed by atoms with Gasteiger partial charge in [-0.25, -0.2) is 9.48 Å². The number of fused-ring (bicyclic) bond motifs is 1. The third-order valence-corrected chi connectivity index (χ3v) is 4.87. The highest BCUT2D eigenvalue weighted by Gasteiger charge is 2.32. The number of halogens is 3. The molecule has 1 amide bonds. The van der Waals surface area contributed by atoms with E-state index in [4.69, 9.17) is 0 Å². The quantitative estimate of drug-likeness (QED) is 0.764. The fourth-order valence-electron chi connectivity index (χ4n) is 3.57. The minimum absolute atomic E-state index is 0.0600. The highest BCUT2D eigenvalue weighted by atomic mass is 19.4. The molecule has 0 aliphatic heterocycles. The molecule has 0 bridgehead atoms. The molecule has 0 fully saturated rings. The van der Waals surface area contributed by atoms with Crippen molar-refractivity contribution >= 4 is 11.9 Å². The third-order valence-electron chi connectivity index (χ3n) is 4.87. The van der Waals surface area contributed by atoms with Crippen molar-refractivity contribution in [2.75, 3.05) is 0 Å². The average Bonchev–Trinajstić information content (AvgIpc) is 3.22.